The normalized spacial score (nSPS) is 11.9. The summed E-state index contributed by atoms with van der Waals surface area (Å²) in [6.45, 7) is 15.1. The Hall–Kier alpha value is -2.27. The molecule has 0 saturated heterocycles. The Morgan fingerprint density at radius 1 is 1.10 bits per heavy atom. The van der Waals surface area contributed by atoms with Crippen molar-refractivity contribution in [2.45, 2.75) is 67.0 Å². The molecule has 0 aliphatic rings. The van der Waals surface area contributed by atoms with Crippen molar-refractivity contribution in [3.63, 3.8) is 0 Å². The molecule has 1 aromatic carbocycles. The molecule has 0 N–H and O–H groups in total. The summed E-state index contributed by atoms with van der Waals surface area (Å²) >= 11 is 6.44. The van der Waals surface area contributed by atoms with Gasteiger partial charge < -0.3 is 14.4 Å². The molecular formula is C24H33ClN2O3. The second-order valence-corrected chi connectivity index (χ2v) is 10.2. The molecule has 0 aliphatic carbocycles. The van der Waals surface area contributed by atoms with Gasteiger partial charge in [-0.2, -0.15) is 0 Å². The van der Waals surface area contributed by atoms with Crippen molar-refractivity contribution < 1.29 is 14.3 Å². The van der Waals surface area contributed by atoms with E-state index in [4.69, 9.17) is 21.1 Å². The van der Waals surface area contributed by atoms with Gasteiger partial charge in [-0.1, -0.05) is 44.5 Å². The number of halogens is 1. The summed E-state index contributed by atoms with van der Waals surface area (Å²) in [5.74, 6) is 1.01. The van der Waals surface area contributed by atoms with Crippen molar-refractivity contribution in [2.24, 2.45) is 5.41 Å². The molecule has 5 nitrogen and oxygen atoms in total. The van der Waals surface area contributed by atoms with E-state index >= 15 is 0 Å². The highest BCUT2D eigenvalue weighted by molar-refractivity contribution is 6.32. The molecule has 164 valence electrons. The first-order valence-corrected chi connectivity index (χ1v) is 10.6. The van der Waals surface area contributed by atoms with Gasteiger partial charge in [0.25, 0.3) is 0 Å². The largest absolute Gasteiger partial charge is 0.444 e. The molecule has 0 aliphatic heterocycles. The van der Waals surface area contributed by atoms with Gasteiger partial charge in [0.15, 0.2) is 0 Å². The zero-order chi connectivity index (χ0) is 22.5. The van der Waals surface area contributed by atoms with Crippen LogP contribution in [0.5, 0.6) is 11.6 Å². The van der Waals surface area contributed by atoms with Crippen molar-refractivity contribution in [1.82, 2.24) is 9.88 Å². The molecule has 1 aromatic heterocycles. The molecule has 0 unspecified atom stereocenters. The second kappa shape index (κ2) is 9.69. The molecule has 0 spiro atoms. The van der Waals surface area contributed by atoms with Gasteiger partial charge in [-0.15, -0.1) is 0 Å². The summed E-state index contributed by atoms with van der Waals surface area (Å²) in [6.07, 6.45) is 2.28. The number of carbonyl (C=O) groups is 1. The Balaban J connectivity index is 2.14. The zero-order valence-corrected chi connectivity index (χ0v) is 19.8. The lowest BCUT2D eigenvalue weighted by atomic mass is 9.92. The Kier molecular flexibility index (Phi) is 7.75. The fourth-order valence-corrected chi connectivity index (χ4v) is 2.85. The number of hydrogen-bond acceptors (Lipinski definition) is 4. The first-order valence-electron chi connectivity index (χ1n) is 10.2. The molecule has 2 rings (SSSR count). The van der Waals surface area contributed by atoms with Crippen molar-refractivity contribution in [2.75, 3.05) is 6.54 Å². The van der Waals surface area contributed by atoms with Gasteiger partial charge in [0.2, 0.25) is 5.88 Å². The van der Waals surface area contributed by atoms with E-state index in [0.29, 0.717) is 29.7 Å². The Morgan fingerprint density at radius 3 is 2.33 bits per heavy atom. The topological polar surface area (TPSA) is 51.7 Å². The maximum Gasteiger partial charge on any atom is 0.410 e. The van der Waals surface area contributed by atoms with Crippen molar-refractivity contribution >= 4 is 17.7 Å². The van der Waals surface area contributed by atoms with E-state index in [0.717, 1.165) is 17.5 Å². The molecule has 30 heavy (non-hydrogen) atoms. The van der Waals surface area contributed by atoms with E-state index in [2.05, 4.69) is 25.8 Å². The van der Waals surface area contributed by atoms with E-state index in [1.54, 1.807) is 23.2 Å². The third-order valence-electron chi connectivity index (χ3n) is 4.25. The molecule has 0 saturated carbocycles. The van der Waals surface area contributed by atoms with Gasteiger partial charge in [0.05, 0.1) is 5.02 Å². The summed E-state index contributed by atoms with van der Waals surface area (Å²) < 4.78 is 11.4. The number of amides is 1. The third kappa shape index (κ3) is 8.23. The third-order valence-corrected chi connectivity index (χ3v) is 4.55. The average Bonchev–Trinajstić information content (AvgIpc) is 2.60. The molecule has 2 aromatic rings. The number of hydrogen-bond donors (Lipinski definition) is 0. The predicted octanol–water partition coefficient (Wildman–Crippen LogP) is 7.01. The fourth-order valence-electron chi connectivity index (χ4n) is 2.60. The van der Waals surface area contributed by atoms with Crippen LogP contribution in [-0.2, 0) is 11.3 Å². The molecule has 0 radical (unpaired) electrons. The molecule has 0 bridgehead atoms. The molecule has 6 heteroatoms. The smallest absolute Gasteiger partial charge is 0.410 e. The highest BCUT2D eigenvalue weighted by Crippen LogP contribution is 2.30. The number of aryl methyl sites for hydroxylation is 1. The van der Waals surface area contributed by atoms with Crippen molar-refractivity contribution in [3.05, 3.63) is 52.7 Å². The number of ether oxygens (including phenoxy) is 2. The van der Waals surface area contributed by atoms with Gasteiger partial charge in [-0.3, -0.25) is 0 Å². The van der Waals surface area contributed by atoms with Crippen LogP contribution in [0.15, 0.2) is 36.5 Å². The van der Waals surface area contributed by atoms with Crippen LogP contribution in [0, 0.1) is 12.3 Å². The monoisotopic (exact) mass is 432 g/mol. The van der Waals surface area contributed by atoms with Gasteiger partial charge in [-0.05, 0) is 62.8 Å². The van der Waals surface area contributed by atoms with Gasteiger partial charge in [-0.25, -0.2) is 9.78 Å². The van der Waals surface area contributed by atoms with Gasteiger partial charge in [0.1, 0.15) is 11.4 Å². The first-order chi connectivity index (χ1) is 13.8. The molecule has 1 heterocycles. The summed E-state index contributed by atoms with van der Waals surface area (Å²) in [5.41, 5.74) is 1.52. The number of aromatic nitrogens is 1. The summed E-state index contributed by atoms with van der Waals surface area (Å²) in [7, 11) is 0. The number of pyridine rings is 1. The SMILES string of the molecule is Cc1ccc(Oc2ccc(CN(CCC(C)(C)C)C(=O)OC(C)(C)C)cc2Cl)nc1. The van der Waals surface area contributed by atoms with Gasteiger partial charge >= 0.3 is 6.09 Å². The lowest BCUT2D eigenvalue weighted by Gasteiger charge is -2.30. The van der Waals surface area contributed by atoms with Crippen LogP contribution in [0.4, 0.5) is 4.79 Å². The zero-order valence-electron chi connectivity index (χ0n) is 19.1. The molecular weight excluding hydrogens is 400 g/mol. The predicted molar refractivity (Wildman–Crippen MR) is 121 cm³/mol. The summed E-state index contributed by atoms with van der Waals surface area (Å²) in [6, 6.07) is 9.26. The minimum absolute atomic E-state index is 0.108. The Morgan fingerprint density at radius 2 is 1.80 bits per heavy atom. The van der Waals surface area contributed by atoms with E-state index in [1.165, 1.54) is 0 Å². The van der Waals surface area contributed by atoms with Crippen LogP contribution in [-0.4, -0.2) is 28.1 Å². The highest BCUT2D eigenvalue weighted by Gasteiger charge is 2.24. The van der Waals surface area contributed by atoms with E-state index in [1.807, 2.05) is 45.9 Å². The van der Waals surface area contributed by atoms with Crippen LogP contribution in [0.1, 0.15) is 59.1 Å². The molecule has 0 atom stereocenters. The lowest BCUT2D eigenvalue weighted by Crippen LogP contribution is -2.38. The molecule has 0 fully saturated rings. The quantitative estimate of drug-likeness (QED) is 0.492. The number of rotatable bonds is 6. The maximum absolute atomic E-state index is 12.7. The number of nitrogens with zero attached hydrogens (tertiary/aromatic N) is 2. The maximum atomic E-state index is 12.7. The number of carbonyl (C=O) groups excluding carboxylic acids is 1. The fraction of sp³-hybridized carbons (Fsp3) is 0.500. The number of benzene rings is 1. The lowest BCUT2D eigenvalue weighted by molar-refractivity contribution is 0.0215. The average molecular weight is 433 g/mol. The van der Waals surface area contributed by atoms with Crippen molar-refractivity contribution in [1.29, 1.82) is 0 Å². The van der Waals surface area contributed by atoms with E-state index in [9.17, 15) is 4.79 Å². The van der Waals surface area contributed by atoms with Crippen LogP contribution < -0.4 is 4.74 Å². The summed E-state index contributed by atoms with van der Waals surface area (Å²) in [5, 5.41) is 0.467. The second-order valence-electron chi connectivity index (χ2n) is 9.75. The van der Waals surface area contributed by atoms with Crippen LogP contribution in [0.2, 0.25) is 5.02 Å². The Labute approximate surface area is 185 Å². The standard InChI is InChI=1S/C24H33ClN2O3/c1-17-8-11-21(26-15-17)29-20-10-9-18(14-19(20)25)16-27(13-12-23(2,3)4)22(28)30-24(5,6)7/h8-11,14-15H,12-13,16H2,1-7H3. The Bertz CT molecular complexity index is 852. The minimum atomic E-state index is -0.548. The van der Waals surface area contributed by atoms with Crippen molar-refractivity contribution in [3.8, 4) is 11.6 Å². The molecule has 1 amide bonds. The van der Waals surface area contributed by atoms with E-state index in [-0.39, 0.29) is 11.5 Å². The van der Waals surface area contributed by atoms with Crippen LogP contribution >= 0.6 is 11.6 Å². The van der Waals surface area contributed by atoms with E-state index < -0.39 is 5.60 Å². The van der Waals surface area contributed by atoms with Crippen LogP contribution in [0.25, 0.3) is 0 Å². The van der Waals surface area contributed by atoms with Crippen LogP contribution in [0.3, 0.4) is 0 Å². The van der Waals surface area contributed by atoms with Gasteiger partial charge in [0, 0.05) is 25.4 Å². The highest BCUT2D eigenvalue weighted by atomic mass is 35.5. The first kappa shape index (κ1) is 24.0. The summed E-state index contributed by atoms with van der Waals surface area (Å²) in [4.78, 5) is 18.7. The minimum Gasteiger partial charge on any atom is -0.444 e.